The van der Waals surface area contributed by atoms with E-state index in [4.69, 9.17) is 4.74 Å². The van der Waals surface area contributed by atoms with Gasteiger partial charge in [0, 0.05) is 28.2 Å². The number of carbonyl (C=O) groups excluding carboxylic acids is 3. The molecular weight excluding hydrogens is 411 g/mol. The van der Waals surface area contributed by atoms with Crippen LogP contribution in [0.2, 0.25) is 0 Å². The number of ether oxygens (including phenoxy) is 1. The van der Waals surface area contributed by atoms with Crippen LogP contribution in [0.3, 0.4) is 0 Å². The van der Waals surface area contributed by atoms with E-state index in [2.05, 4.69) is 5.32 Å². The Morgan fingerprint density at radius 3 is 2.38 bits per heavy atom. The highest BCUT2D eigenvalue weighted by Gasteiger charge is 2.22. The number of benzene rings is 2. The van der Waals surface area contributed by atoms with Crippen molar-refractivity contribution in [1.29, 1.82) is 0 Å². The van der Waals surface area contributed by atoms with Gasteiger partial charge in [-0.1, -0.05) is 17.7 Å². The Morgan fingerprint density at radius 2 is 1.72 bits per heavy atom. The molecule has 1 atom stereocenters. The average Bonchev–Trinajstić information content (AvgIpc) is 3.06. The molecule has 166 valence electrons. The Morgan fingerprint density at radius 1 is 1.03 bits per heavy atom. The molecule has 0 bridgehead atoms. The molecule has 0 aliphatic heterocycles. The molecule has 1 aromatic heterocycles. The predicted octanol–water partition coefficient (Wildman–Crippen LogP) is 4.09. The van der Waals surface area contributed by atoms with Gasteiger partial charge in [-0.3, -0.25) is 9.59 Å². The molecule has 0 radical (unpaired) electrons. The van der Waals surface area contributed by atoms with Crippen molar-refractivity contribution in [2.24, 2.45) is 0 Å². The highest BCUT2D eigenvalue weighted by molar-refractivity contribution is 6.00. The van der Waals surface area contributed by atoms with E-state index in [0.29, 0.717) is 16.8 Å². The minimum atomic E-state index is -0.914. The number of nitrogens with zero attached hydrogens (tertiary/aromatic N) is 1. The molecule has 7 heteroatoms. The SMILES string of the molecule is Cc1cccc(C(=O)N[C@@H](C)C(=O)OCC(=O)c2cc(C)n(-c3ccc(F)cc3)c2C)c1. The van der Waals surface area contributed by atoms with Crippen molar-refractivity contribution in [3.05, 3.63) is 88.5 Å². The van der Waals surface area contributed by atoms with Crippen LogP contribution in [-0.4, -0.2) is 34.9 Å². The van der Waals surface area contributed by atoms with Gasteiger partial charge in [0.2, 0.25) is 5.78 Å². The van der Waals surface area contributed by atoms with Crippen LogP contribution >= 0.6 is 0 Å². The highest BCUT2D eigenvalue weighted by atomic mass is 19.1. The first-order valence-corrected chi connectivity index (χ1v) is 10.2. The number of esters is 1. The zero-order valence-electron chi connectivity index (χ0n) is 18.4. The van der Waals surface area contributed by atoms with Crippen LogP contribution in [0.15, 0.2) is 54.6 Å². The van der Waals surface area contributed by atoms with Crippen molar-refractivity contribution in [2.45, 2.75) is 33.7 Å². The summed E-state index contributed by atoms with van der Waals surface area (Å²) in [6.45, 7) is 6.53. The molecule has 3 rings (SSSR count). The van der Waals surface area contributed by atoms with Gasteiger partial charge in [0.1, 0.15) is 11.9 Å². The van der Waals surface area contributed by atoms with E-state index in [1.54, 1.807) is 43.3 Å². The maximum atomic E-state index is 13.2. The van der Waals surface area contributed by atoms with Crippen LogP contribution in [0.4, 0.5) is 4.39 Å². The minimum Gasteiger partial charge on any atom is -0.456 e. The predicted molar refractivity (Wildman–Crippen MR) is 119 cm³/mol. The lowest BCUT2D eigenvalue weighted by Gasteiger charge is -2.13. The van der Waals surface area contributed by atoms with E-state index in [0.717, 1.165) is 16.9 Å². The van der Waals surface area contributed by atoms with Gasteiger partial charge in [0.05, 0.1) is 0 Å². The van der Waals surface area contributed by atoms with Gasteiger partial charge in [0.15, 0.2) is 6.61 Å². The zero-order valence-corrected chi connectivity index (χ0v) is 18.4. The molecule has 1 heterocycles. The molecule has 0 saturated carbocycles. The second-order valence-electron chi connectivity index (χ2n) is 7.69. The number of nitrogens with one attached hydrogen (secondary N) is 1. The zero-order chi connectivity index (χ0) is 23.4. The molecule has 1 amide bonds. The molecule has 0 fully saturated rings. The fourth-order valence-electron chi connectivity index (χ4n) is 3.50. The van der Waals surface area contributed by atoms with Crippen molar-refractivity contribution in [3.8, 4) is 5.69 Å². The van der Waals surface area contributed by atoms with Gasteiger partial charge >= 0.3 is 5.97 Å². The Bertz CT molecular complexity index is 1170. The van der Waals surface area contributed by atoms with E-state index in [1.807, 2.05) is 24.5 Å². The number of aryl methyl sites for hydroxylation is 2. The van der Waals surface area contributed by atoms with Crippen molar-refractivity contribution in [3.63, 3.8) is 0 Å². The lowest BCUT2D eigenvalue weighted by atomic mass is 10.1. The summed E-state index contributed by atoms with van der Waals surface area (Å²) in [4.78, 5) is 37.3. The summed E-state index contributed by atoms with van der Waals surface area (Å²) in [7, 11) is 0. The molecule has 6 nitrogen and oxygen atoms in total. The number of aromatic nitrogens is 1. The summed E-state index contributed by atoms with van der Waals surface area (Å²) in [5.41, 5.74) is 3.96. The van der Waals surface area contributed by atoms with E-state index in [-0.39, 0.29) is 11.6 Å². The fourth-order valence-corrected chi connectivity index (χ4v) is 3.50. The van der Waals surface area contributed by atoms with E-state index >= 15 is 0 Å². The van der Waals surface area contributed by atoms with E-state index in [9.17, 15) is 18.8 Å². The number of hydrogen-bond donors (Lipinski definition) is 1. The smallest absolute Gasteiger partial charge is 0.328 e. The minimum absolute atomic E-state index is 0.344. The summed E-state index contributed by atoms with van der Waals surface area (Å²) in [6.07, 6.45) is 0. The van der Waals surface area contributed by atoms with Crippen molar-refractivity contribution in [1.82, 2.24) is 9.88 Å². The van der Waals surface area contributed by atoms with Crippen molar-refractivity contribution < 1.29 is 23.5 Å². The van der Waals surface area contributed by atoms with Gasteiger partial charge in [-0.25, -0.2) is 9.18 Å². The third-order valence-electron chi connectivity index (χ3n) is 5.14. The van der Waals surface area contributed by atoms with Crippen LogP contribution in [0.1, 0.15) is 44.6 Å². The van der Waals surface area contributed by atoms with Crippen molar-refractivity contribution >= 4 is 17.7 Å². The highest BCUT2D eigenvalue weighted by Crippen LogP contribution is 2.21. The quantitative estimate of drug-likeness (QED) is 0.447. The first-order valence-electron chi connectivity index (χ1n) is 10.2. The second kappa shape index (κ2) is 9.60. The lowest BCUT2D eigenvalue weighted by molar-refractivity contribution is -0.144. The topological polar surface area (TPSA) is 77.4 Å². The van der Waals surface area contributed by atoms with Gasteiger partial charge in [0.25, 0.3) is 5.91 Å². The maximum absolute atomic E-state index is 13.2. The number of Topliss-reactive ketones (excluding diaryl/α,β-unsaturated/α-hetero) is 1. The number of halogens is 1. The third-order valence-corrected chi connectivity index (χ3v) is 5.14. The summed E-state index contributed by atoms with van der Waals surface area (Å²) in [6, 6.07) is 13.7. The molecule has 3 aromatic rings. The summed E-state index contributed by atoms with van der Waals surface area (Å²) in [5.74, 6) is -1.81. The Labute approximate surface area is 186 Å². The van der Waals surface area contributed by atoms with Gasteiger partial charge in [-0.2, -0.15) is 0 Å². The maximum Gasteiger partial charge on any atom is 0.328 e. The molecule has 0 saturated heterocycles. The first-order chi connectivity index (χ1) is 15.2. The number of rotatable bonds is 7. The lowest BCUT2D eigenvalue weighted by Crippen LogP contribution is -2.40. The monoisotopic (exact) mass is 436 g/mol. The third kappa shape index (κ3) is 5.11. The van der Waals surface area contributed by atoms with Crippen LogP contribution in [-0.2, 0) is 9.53 Å². The molecular formula is C25H25FN2O4. The van der Waals surface area contributed by atoms with Crippen LogP contribution in [0.5, 0.6) is 0 Å². The van der Waals surface area contributed by atoms with E-state index < -0.39 is 24.5 Å². The molecule has 2 aromatic carbocycles. The van der Waals surface area contributed by atoms with Crippen LogP contribution in [0, 0.1) is 26.6 Å². The Balaban J connectivity index is 1.63. The molecule has 0 unspecified atom stereocenters. The normalized spacial score (nSPS) is 11.7. The second-order valence-corrected chi connectivity index (χ2v) is 7.69. The van der Waals surface area contributed by atoms with Crippen LogP contribution in [0.25, 0.3) is 5.69 Å². The molecule has 1 N–H and O–H groups in total. The molecule has 0 spiro atoms. The Kier molecular flexibility index (Phi) is 6.88. The molecule has 32 heavy (non-hydrogen) atoms. The average molecular weight is 436 g/mol. The largest absolute Gasteiger partial charge is 0.456 e. The number of carbonyl (C=O) groups is 3. The number of hydrogen-bond acceptors (Lipinski definition) is 4. The summed E-state index contributed by atoms with van der Waals surface area (Å²) < 4.78 is 20.2. The number of amides is 1. The van der Waals surface area contributed by atoms with Gasteiger partial charge < -0.3 is 14.6 Å². The van der Waals surface area contributed by atoms with Crippen molar-refractivity contribution in [2.75, 3.05) is 6.61 Å². The standard InChI is InChI=1S/C25H25FN2O4/c1-15-6-5-7-19(12-15)24(30)27-17(3)25(31)32-14-23(29)22-13-16(2)28(18(22)4)21-10-8-20(26)9-11-21/h5-13,17H,14H2,1-4H3,(H,27,30)/t17-/m0/s1. The first kappa shape index (κ1) is 22.9. The fraction of sp³-hybridized carbons (Fsp3) is 0.240. The van der Waals surface area contributed by atoms with Crippen LogP contribution < -0.4 is 5.32 Å². The molecule has 0 aliphatic rings. The van der Waals surface area contributed by atoms with E-state index in [1.165, 1.54) is 19.1 Å². The Hall–Kier alpha value is -3.74. The summed E-state index contributed by atoms with van der Waals surface area (Å²) in [5, 5.41) is 2.58. The molecule has 0 aliphatic carbocycles. The van der Waals surface area contributed by atoms with Gasteiger partial charge in [-0.05, 0) is 70.2 Å². The summed E-state index contributed by atoms with van der Waals surface area (Å²) >= 11 is 0. The number of ketones is 1. The van der Waals surface area contributed by atoms with Gasteiger partial charge in [-0.15, -0.1) is 0 Å².